The summed E-state index contributed by atoms with van der Waals surface area (Å²) in [6.07, 6.45) is 0. The number of para-hydroxylation sites is 1. The summed E-state index contributed by atoms with van der Waals surface area (Å²) in [6.45, 7) is 13.4. The lowest BCUT2D eigenvalue weighted by molar-refractivity contribution is -0.140. The third kappa shape index (κ3) is 6.98. The fraction of sp³-hybridized carbons (Fsp3) is 0.353. The van der Waals surface area contributed by atoms with Crippen LogP contribution in [0.1, 0.15) is 50.4 Å². The van der Waals surface area contributed by atoms with Crippen molar-refractivity contribution in [3.05, 3.63) is 95.1 Å². The Morgan fingerprint density at radius 3 is 2.32 bits per heavy atom. The van der Waals surface area contributed by atoms with Gasteiger partial charge in [-0.3, -0.25) is 9.59 Å². The van der Waals surface area contributed by atoms with Crippen LogP contribution in [0.3, 0.4) is 0 Å². The van der Waals surface area contributed by atoms with Crippen LogP contribution in [0, 0.1) is 12.8 Å². The van der Waals surface area contributed by atoms with Crippen LogP contribution >= 0.6 is 0 Å². The number of aliphatic hydroxyl groups excluding tert-OH is 1. The molecule has 0 aliphatic carbocycles. The molecule has 0 bridgehead atoms. The average molecular weight is 557 g/mol. The average Bonchev–Trinajstić information content (AvgIpc) is 3.22. The smallest absolute Gasteiger partial charge is 0.295 e. The van der Waals surface area contributed by atoms with Crippen molar-refractivity contribution in [3.63, 3.8) is 0 Å². The topological polar surface area (TPSA) is 79.3 Å². The van der Waals surface area contributed by atoms with Gasteiger partial charge in [0.2, 0.25) is 0 Å². The first-order valence-corrected chi connectivity index (χ1v) is 14.3. The number of aryl methyl sites for hydroxylation is 1. The van der Waals surface area contributed by atoms with E-state index in [9.17, 15) is 14.7 Å². The highest BCUT2D eigenvalue weighted by Crippen LogP contribution is 2.41. The molecule has 3 aromatic carbocycles. The van der Waals surface area contributed by atoms with Crippen LogP contribution in [0.4, 0.5) is 0 Å². The zero-order chi connectivity index (χ0) is 29.5. The number of ketones is 1. The number of hydrogen-bond acceptors (Lipinski definition) is 6. The molecule has 7 heteroatoms. The maximum atomic E-state index is 13.5. The summed E-state index contributed by atoms with van der Waals surface area (Å²) >= 11 is 0. The van der Waals surface area contributed by atoms with Gasteiger partial charge in [0.25, 0.3) is 11.7 Å². The van der Waals surface area contributed by atoms with Gasteiger partial charge < -0.3 is 24.4 Å². The lowest BCUT2D eigenvalue weighted by Crippen LogP contribution is -2.38. The Morgan fingerprint density at radius 1 is 0.951 bits per heavy atom. The van der Waals surface area contributed by atoms with Crippen LogP contribution in [0.15, 0.2) is 78.4 Å². The summed E-state index contributed by atoms with van der Waals surface area (Å²) in [5.41, 5.74) is 2.05. The SMILES string of the molecule is CCN(CC)CCN1C(=O)C(=O)C(=C(O)c2ccc(OCC(C)C)c(C)c2)C1c1cccc(Oc2ccccc2)c1. The van der Waals surface area contributed by atoms with E-state index in [0.717, 1.165) is 24.4 Å². The van der Waals surface area contributed by atoms with Crippen molar-refractivity contribution in [2.75, 3.05) is 32.8 Å². The second-order valence-electron chi connectivity index (χ2n) is 10.7. The molecule has 1 N–H and O–H groups in total. The molecule has 0 saturated carbocycles. The lowest BCUT2D eigenvalue weighted by atomic mass is 9.94. The Labute approximate surface area is 243 Å². The molecule has 4 rings (SSSR count). The van der Waals surface area contributed by atoms with Crippen LogP contribution in [0.5, 0.6) is 17.2 Å². The number of rotatable bonds is 12. The largest absolute Gasteiger partial charge is 0.507 e. The van der Waals surface area contributed by atoms with Crippen molar-refractivity contribution >= 4 is 17.4 Å². The molecule has 216 valence electrons. The van der Waals surface area contributed by atoms with Gasteiger partial charge in [-0.05, 0) is 79.5 Å². The van der Waals surface area contributed by atoms with Crippen molar-refractivity contribution in [2.24, 2.45) is 5.92 Å². The molecule has 3 aromatic rings. The number of carbonyl (C=O) groups is 2. The third-order valence-corrected chi connectivity index (χ3v) is 7.26. The zero-order valence-corrected chi connectivity index (χ0v) is 24.6. The van der Waals surface area contributed by atoms with Crippen LogP contribution in [-0.2, 0) is 9.59 Å². The van der Waals surface area contributed by atoms with E-state index < -0.39 is 17.7 Å². The number of nitrogens with zero attached hydrogens (tertiary/aromatic N) is 2. The number of aliphatic hydroxyl groups is 1. The molecule has 7 nitrogen and oxygen atoms in total. The standard InChI is InChI=1S/C34H40N2O5/c1-6-35(7-2)18-19-36-31(25-12-11-15-28(21-25)41-27-13-9-8-10-14-27)30(33(38)34(36)39)32(37)26-16-17-29(24(5)20-26)40-22-23(3)4/h8-17,20-21,23,31,37H,6-7,18-19,22H2,1-5H3. The van der Waals surface area contributed by atoms with Crippen molar-refractivity contribution in [3.8, 4) is 17.2 Å². The Morgan fingerprint density at radius 2 is 1.66 bits per heavy atom. The van der Waals surface area contributed by atoms with E-state index in [1.165, 1.54) is 0 Å². The molecule has 0 aromatic heterocycles. The highest BCUT2D eigenvalue weighted by molar-refractivity contribution is 6.46. The Hall–Kier alpha value is -4.10. The van der Waals surface area contributed by atoms with Crippen LogP contribution in [0.2, 0.25) is 0 Å². The molecule has 0 spiro atoms. The van der Waals surface area contributed by atoms with Crippen molar-refractivity contribution in [2.45, 2.75) is 40.7 Å². The highest BCUT2D eigenvalue weighted by Gasteiger charge is 2.46. The van der Waals surface area contributed by atoms with Gasteiger partial charge in [-0.1, -0.05) is 58.0 Å². The number of benzene rings is 3. The van der Waals surface area contributed by atoms with Crippen molar-refractivity contribution < 1.29 is 24.2 Å². The van der Waals surface area contributed by atoms with Crippen molar-refractivity contribution in [1.29, 1.82) is 0 Å². The van der Waals surface area contributed by atoms with E-state index >= 15 is 0 Å². The number of amides is 1. The molecule has 1 aliphatic heterocycles. The molecule has 1 fully saturated rings. The number of carbonyl (C=O) groups excluding carboxylic acids is 2. The molecule has 1 amide bonds. The summed E-state index contributed by atoms with van der Waals surface area (Å²) in [5, 5.41) is 11.6. The van der Waals surface area contributed by atoms with E-state index in [2.05, 4.69) is 32.6 Å². The van der Waals surface area contributed by atoms with Gasteiger partial charge in [0, 0.05) is 18.7 Å². The Kier molecular flexibility index (Phi) is 9.84. The van der Waals surface area contributed by atoms with Gasteiger partial charge in [0.15, 0.2) is 0 Å². The minimum Gasteiger partial charge on any atom is -0.507 e. The first-order valence-electron chi connectivity index (χ1n) is 14.3. The maximum Gasteiger partial charge on any atom is 0.295 e. The monoisotopic (exact) mass is 556 g/mol. The molecule has 1 atom stereocenters. The van der Waals surface area contributed by atoms with Crippen LogP contribution in [-0.4, -0.2) is 59.4 Å². The summed E-state index contributed by atoms with van der Waals surface area (Å²) in [4.78, 5) is 30.7. The van der Waals surface area contributed by atoms with Gasteiger partial charge in [-0.2, -0.15) is 0 Å². The van der Waals surface area contributed by atoms with Crippen molar-refractivity contribution in [1.82, 2.24) is 9.80 Å². The quantitative estimate of drug-likeness (QED) is 0.154. The molecule has 1 saturated heterocycles. The predicted molar refractivity (Wildman–Crippen MR) is 161 cm³/mol. The van der Waals surface area contributed by atoms with Gasteiger partial charge in [0.1, 0.15) is 23.0 Å². The van der Waals surface area contributed by atoms with Gasteiger partial charge in [-0.15, -0.1) is 0 Å². The Balaban J connectivity index is 1.76. The minimum absolute atomic E-state index is 0.0710. The van der Waals surface area contributed by atoms with Crippen LogP contribution < -0.4 is 9.47 Å². The van der Waals surface area contributed by atoms with Gasteiger partial charge in [-0.25, -0.2) is 0 Å². The normalized spacial score (nSPS) is 16.6. The molecular formula is C34H40N2O5. The number of ether oxygens (including phenoxy) is 2. The number of likely N-dealkylation sites (tertiary alicyclic amines) is 1. The number of Topliss-reactive ketones (excluding diaryl/α,β-unsaturated/α-hetero) is 1. The van der Waals surface area contributed by atoms with Gasteiger partial charge >= 0.3 is 0 Å². The molecule has 0 radical (unpaired) electrons. The fourth-order valence-corrected chi connectivity index (χ4v) is 4.99. The molecule has 1 heterocycles. The second kappa shape index (κ2) is 13.5. The Bertz CT molecular complexity index is 1400. The molecule has 41 heavy (non-hydrogen) atoms. The predicted octanol–water partition coefficient (Wildman–Crippen LogP) is 6.59. The van der Waals surface area contributed by atoms with E-state index in [1.54, 1.807) is 23.1 Å². The molecular weight excluding hydrogens is 516 g/mol. The summed E-state index contributed by atoms with van der Waals surface area (Å²) in [5.74, 6) is 0.826. The zero-order valence-electron chi connectivity index (χ0n) is 24.6. The summed E-state index contributed by atoms with van der Waals surface area (Å²) in [7, 11) is 0. The van der Waals surface area contributed by atoms with E-state index in [1.807, 2.05) is 61.5 Å². The fourth-order valence-electron chi connectivity index (χ4n) is 4.99. The summed E-state index contributed by atoms with van der Waals surface area (Å²) in [6, 6.07) is 21.3. The molecule has 1 aliphatic rings. The molecule has 1 unspecified atom stereocenters. The van der Waals surface area contributed by atoms with E-state index in [0.29, 0.717) is 48.2 Å². The van der Waals surface area contributed by atoms with Crippen LogP contribution in [0.25, 0.3) is 5.76 Å². The third-order valence-electron chi connectivity index (χ3n) is 7.26. The number of likely N-dealkylation sites (N-methyl/N-ethyl adjacent to an activating group) is 1. The summed E-state index contributed by atoms with van der Waals surface area (Å²) < 4.78 is 12.0. The first kappa shape index (κ1) is 29.9. The maximum absolute atomic E-state index is 13.5. The highest BCUT2D eigenvalue weighted by atomic mass is 16.5. The lowest BCUT2D eigenvalue weighted by Gasteiger charge is -2.28. The second-order valence-corrected chi connectivity index (χ2v) is 10.7. The minimum atomic E-state index is -0.762. The van der Waals surface area contributed by atoms with Gasteiger partial charge in [0.05, 0.1) is 18.2 Å². The van der Waals surface area contributed by atoms with E-state index in [4.69, 9.17) is 9.47 Å². The first-order chi connectivity index (χ1) is 19.7. The van der Waals surface area contributed by atoms with E-state index in [-0.39, 0.29) is 11.3 Å². The number of hydrogen-bond donors (Lipinski definition) is 1.